The van der Waals surface area contributed by atoms with E-state index in [-0.39, 0.29) is 12.3 Å². The quantitative estimate of drug-likeness (QED) is 0.829. The summed E-state index contributed by atoms with van der Waals surface area (Å²) in [7, 11) is 0. The number of amides is 1. The Hall–Kier alpha value is -2.63. The second-order valence-corrected chi connectivity index (χ2v) is 4.94. The fourth-order valence-electron chi connectivity index (χ4n) is 1.85. The van der Waals surface area contributed by atoms with Crippen molar-refractivity contribution in [3.8, 4) is 0 Å². The average molecular weight is 302 g/mol. The van der Waals surface area contributed by atoms with Gasteiger partial charge in [-0.3, -0.25) is 14.9 Å². The van der Waals surface area contributed by atoms with Crippen LogP contribution in [-0.4, -0.2) is 23.1 Å². The molecule has 0 bridgehead atoms. The molecule has 1 atom stereocenters. The Labute approximate surface area is 128 Å². The highest BCUT2D eigenvalue weighted by Gasteiger charge is 2.19. The topological polar surface area (TPSA) is 81.4 Å². The lowest BCUT2D eigenvalue weighted by atomic mass is 10.1. The Bertz CT molecular complexity index is 637. The van der Waals surface area contributed by atoms with Gasteiger partial charge in [0.1, 0.15) is 0 Å². The van der Waals surface area contributed by atoms with Gasteiger partial charge in [-0.15, -0.1) is 0 Å². The number of anilines is 1. The fourth-order valence-corrected chi connectivity index (χ4v) is 1.85. The van der Waals surface area contributed by atoms with Crippen molar-refractivity contribution >= 4 is 17.8 Å². The zero-order valence-electron chi connectivity index (χ0n) is 12.5. The molecule has 116 valence electrons. The van der Waals surface area contributed by atoms with E-state index in [1.807, 2.05) is 30.3 Å². The maximum atomic E-state index is 11.9. The first-order valence-electron chi connectivity index (χ1n) is 7.02. The molecule has 0 unspecified atom stereocenters. The number of ether oxygens (including phenoxy) is 1. The summed E-state index contributed by atoms with van der Waals surface area (Å²) < 4.78 is 9.97. The molecule has 0 saturated heterocycles. The van der Waals surface area contributed by atoms with Gasteiger partial charge in [-0.1, -0.05) is 35.5 Å². The van der Waals surface area contributed by atoms with E-state index in [9.17, 15) is 9.59 Å². The summed E-state index contributed by atoms with van der Waals surface area (Å²) in [5.41, 5.74) is 1.71. The first kappa shape index (κ1) is 15.8. The van der Waals surface area contributed by atoms with Crippen molar-refractivity contribution in [2.75, 3.05) is 5.32 Å². The van der Waals surface area contributed by atoms with Crippen LogP contribution in [0.15, 0.2) is 40.9 Å². The Kier molecular flexibility index (Phi) is 5.30. The van der Waals surface area contributed by atoms with Gasteiger partial charge >= 0.3 is 5.97 Å². The second kappa shape index (κ2) is 7.40. The van der Waals surface area contributed by atoms with E-state index in [1.54, 1.807) is 13.0 Å². The third kappa shape index (κ3) is 4.73. The van der Waals surface area contributed by atoms with E-state index in [4.69, 9.17) is 9.26 Å². The van der Waals surface area contributed by atoms with E-state index >= 15 is 0 Å². The van der Waals surface area contributed by atoms with Crippen LogP contribution in [0.5, 0.6) is 0 Å². The molecule has 1 heterocycles. The van der Waals surface area contributed by atoms with Crippen LogP contribution < -0.4 is 5.32 Å². The molecule has 6 heteroatoms. The Balaban J connectivity index is 1.76. The standard InChI is InChI=1S/C16H18N2O4/c1-11-10-14(22-18-11)17-16(20)12(2)21-15(19)9-8-13-6-4-3-5-7-13/h3-7,10,12H,8-9H2,1-2H3,(H,17,20)/t12-/m1/s1. The van der Waals surface area contributed by atoms with Crippen LogP contribution in [-0.2, 0) is 20.7 Å². The van der Waals surface area contributed by atoms with Crippen LogP contribution in [0.3, 0.4) is 0 Å². The molecule has 1 amide bonds. The van der Waals surface area contributed by atoms with Gasteiger partial charge in [0, 0.05) is 12.5 Å². The summed E-state index contributed by atoms with van der Waals surface area (Å²) in [5.74, 6) is -0.640. The molecular formula is C16H18N2O4. The molecule has 1 aromatic carbocycles. The predicted molar refractivity (Wildman–Crippen MR) is 80.2 cm³/mol. The molecule has 2 aromatic rings. The van der Waals surface area contributed by atoms with Crippen LogP contribution in [0, 0.1) is 6.92 Å². The highest BCUT2D eigenvalue weighted by atomic mass is 16.5. The zero-order chi connectivity index (χ0) is 15.9. The second-order valence-electron chi connectivity index (χ2n) is 4.94. The number of rotatable bonds is 6. The molecule has 0 aliphatic rings. The molecule has 0 spiro atoms. The number of aromatic nitrogens is 1. The van der Waals surface area contributed by atoms with Crippen molar-refractivity contribution < 1.29 is 18.8 Å². The average Bonchev–Trinajstić information content (AvgIpc) is 2.91. The molecule has 1 aromatic heterocycles. The molecule has 1 N–H and O–H groups in total. The van der Waals surface area contributed by atoms with Crippen molar-refractivity contribution in [1.82, 2.24) is 5.16 Å². The van der Waals surface area contributed by atoms with Gasteiger partial charge in [-0.2, -0.15) is 0 Å². The van der Waals surface area contributed by atoms with Gasteiger partial charge in [0.25, 0.3) is 5.91 Å². The lowest BCUT2D eigenvalue weighted by Gasteiger charge is -2.12. The maximum absolute atomic E-state index is 11.9. The highest BCUT2D eigenvalue weighted by Crippen LogP contribution is 2.10. The smallest absolute Gasteiger partial charge is 0.306 e. The van der Waals surface area contributed by atoms with Crippen molar-refractivity contribution in [2.45, 2.75) is 32.8 Å². The van der Waals surface area contributed by atoms with Crippen LogP contribution in [0.1, 0.15) is 24.6 Å². The number of carbonyl (C=O) groups excluding carboxylic acids is 2. The summed E-state index contributed by atoms with van der Waals surface area (Å²) in [6.45, 7) is 3.26. The monoisotopic (exact) mass is 302 g/mol. The minimum atomic E-state index is -0.895. The number of esters is 1. The Morgan fingerprint density at radius 1 is 1.32 bits per heavy atom. The van der Waals surface area contributed by atoms with Crippen LogP contribution in [0.4, 0.5) is 5.88 Å². The van der Waals surface area contributed by atoms with Crippen molar-refractivity contribution in [2.24, 2.45) is 0 Å². The summed E-state index contributed by atoms with van der Waals surface area (Å²) in [6.07, 6.45) is -0.0908. The van der Waals surface area contributed by atoms with Gasteiger partial charge in [0.2, 0.25) is 5.88 Å². The summed E-state index contributed by atoms with van der Waals surface area (Å²) in [5, 5.41) is 6.15. The molecule has 6 nitrogen and oxygen atoms in total. The molecule has 0 aliphatic heterocycles. The first-order valence-corrected chi connectivity index (χ1v) is 7.02. The lowest BCUT2D eigenvalue weighted by molar-refractivity contribution is -0.153. The Morgan fingerprint density at radius 2 is 2.05 bits per heavy atom. The van der Waals surface area contributed by atoms with Gasteiger partial charge in [-0.25, -0.2) is 0 Å². The molecular weight excluding hydrogens is 284 g/mol. The summed E-state index contributed by atoms with van der Waals surface area (Å²) in [6, 6.07) is 11.2. The Morgan fingerprint density at radius 3 is 2.68 bits per heavy atom. The maximum Gasteiger partial charge on any atom is 0.306 e. The molecule has 0 saturated carbocycles. The number of carbonyl (C=O) groups is 2. The molecule has 22 heavy (non-hydrogen) atoms. The van der Waals surface area contributed by atoms with Crippen LogP contribution in [0.25, 0.3) is 0 Å². The first-order chi connectivity index (χ1) is 10.5. The van der Waals surface area contributed by atoms with Crippen LogP contribution in [0.2, 0.25) is 0 Å². The molecule has 2 rings (SSSR count). The van der Waals surface area contributed by atoms with Gasteiger partial charge in [0.05, 0.1) is 5.69 Å². The van der Waals surface area contributed by atoms with Crippen molar-refractivity contribution in [1.29, 1.82) is 0 Å². The molecule has 0 aliphatic carbocycles. The number of hydrogen-bond donors (Lipinski definition) is 1. The SMILES string of the molecule is Cc1cc(NC(=O)[C@@H](C)OC(=O)CCc2ccccc2)on1. The number of nitrogens with zero attached hydrogens (tertiary/aromatic N) is 1. The van der Waals surface area contributed by atoms with Gasteiger partial charge in [-0.05, 0) is 25.8 Å². The third-order valence-corrected chi connectivity index (χ3v) is 3.01. The number of aryl methyl sites for hydroxylation is 2. The zero-order valence-corrected chi connectivity index (χ0v) is 12.5. The summed E-state index contributed by atoms with van der Waals surface area (Å²) >= 11 is 0. The number of benzene rings is 1. The predicted octanol–water partition coefficient (Wildman–Crippen LogP) is 2.49. The lowest BCUT2D eigenvalue weighted by Crippen LogP contribution is -2.29. The minimum Gasteiger partial charge on any atom is -0.453 e. The normalized spacial score (nSPS) is 11.7. The van der Waals surface area contributed by atoms with Gasteiger partial charge in [0.15, 0.2) is 6.10 Å². The molecule has 0 radical (unpaired) electrons. The number of nitrogens with one attached hydrogen (secondary N) is 1. The van der Waals surface area contributed by atoms with Crippen molar-refractivity contribution in [3.05, 3.63) is 47.7 Å². The van der Waals surface area contributed by atoms with E-state index in [0.717, 1.165) is 5.56 Å². The van der Waals surface area contributed by atoms with E-state index in [1.165, 1.54) is 6.92 Å². The minimum absolute atomic E-state index is 0.225. The van der Waals surface area contributed by atoms with Crippen LogP contribution >= 0.6 is 0 Å². The number of hydrogen-bond acceptors (Lipinski definition) is 5. The fraction of sp³-hybridized carbons (Fsp3) is 0.312. The van der Waals surface area contributed by atoms with Gasteiger partial charge < -0.3 is 9.26 Å². The van der Waals surface area contributed by atoms with E-state index in [2.05, 4.69) is 10.5 Å². The third-order valence-electron chi connectivity index (χ3n) is 3.01. The largest absolute Gasteiger partial charge is 0.453 e. The molecule has 0 fully saturated rings. The van der Waals surface area contributed by atoms with E-state index in [0.29, 0.717) is 12.1 Å². The van der Waals surface area contributed by atoms with Crippen molar-refractivity contribution in [3.63, 3.8) is 0 Å². The summed E-state index contributed by atoms with van der Waals surface area (Å²) in [4.78, 5) is 23.6. The highest BCUT2D eigenvalue weighted by molar-refractivity contribution is 5.94. The van der Waals surface area contributed by atoms with E-state index < -0.39 is 18.0 Å².